The second kappa shape index (κ2) is 5.02. The molecule has 4 nitrogen and oxygen atoms in total. The number of fused-ring (bicyclic) bond motifs is 1. The molecular formula is C11H22N2O2S. The Kier molecular flexibility index (Phi) is 3.87. The molecule has 2 aliphatic rings. The summed E-state index contributed by atoms with van der Waals surface area (Å²) in [7, 11) is -3.01. The SMILES string of the molecule is CCCCS(=O)(=O)N1CCNC2CCCC21. The van der Waals surface area contributed by atoms with E-state index in [4.69, 9.17) is 0 Å². The second-order valence-corrected chi connectivity index (χ2v) is 6.88. The maximum absolute atomic E-state index is 12.2. The van der Waals surface area contributed by atoms with E-state index < -0.39 is 10.0 Å². The Hall–Kier alpha value is -0.130. The topological polar surface area (TPSA) is 49.4 Å². The molecule has 94 valence electrons. The number of hydrogen-bond donors (Lipinski definition) is 1. The first-order valence-electron chi connectivity index (χ1n) is 6.38. The van der Waals surface area contributed by atoms with E-state index in [1.807, 2.05) is 6.92 Å². The summed E-state index contributed by atoms with van der Waals surface area (Å²) in [6, 6.07) is 0.640. The molecule has 1 saturated heterocycles. The normalized spacial score (nSPS) is 31.6. The summed E-state index contributed by atoms with van der Waals surface area (Å²) in [6.45, 7) is 3.51. The number of nitrogens with one attached hydrogen (secondary N) is 1. The van der Waals surface area contributed by atoms with E-state index in [1.165, 1.54) is 0 Å². The van der Waals surface area contributed by atoms with Crippen molar-refractivity contribution in [1.29, 1.82) is 0 Å². The van der Waals surface area contributed by atoms with E-state index in [1.54, 1.807) is 4.31 Å². The van der Waals surface area contributed by atoms with Gasteiger partial charge in [-0.1, -0.05) is 19.8 Å². The number of piperazine rings is 1. The Morgan fingerprint density at radius 2 is 2.19 bits per heavy atom. The van der Waals surface area contributed by atoms with Gasteiger partial charge in [0.1, 0.15) is 0 Å². The van der Waals surface area contributed by atoms with Crippen molar-refractivity contribution in [3.05, 3.63) is 0 Å². The van der Waals surface area contributed by atoms with Crippen LogP contribution in [0.25, 0.3) is 0 Å². The zero-order valence-electron chi connectivity index (χ0n) is 9.98. The summed E-state index contributed by atoms with van der Waals surface area (Å²) in [5.41, 5.74) is 0. The Morgan fingerprint density at radius 3 is 2.94 bits per heavy atom. The van der Waals surface area contributed by atoms with Crippen molar-refractivity contribution in [2.24, 2.45) is 0 Å². The van der Waals surface area contributed by atoms with E-state index in [0.717, 1.165) is 38.6 Å². The average Bonchev–Trinajstić information content (AvgIpc) is 2.73. The molecule has 0 amide bonds. The first-order valence-corrected chi connectivity index (χ1v) is 7.99. The fourth-order valence-corrected chi connectivity index (χ4v) is 4.76. The van der Waals surface area contributed by atoms with Gasteiger partial charge in [-0.25, -0.2) is 8.42 Å². The fraction of sp³-hybridized carbons (Fsp3) is 1.00. The predicted octanol–water partition coefficient (Wildman–Crippen LogP) is 0.943. The Bertz CT molecular complexity index is 329. The highest BCUT2D eigenvalue weighted by Gasteiger charge is 2.40. The molecule has 1 N–H and O–H groups in total. The molecule has 0 aromatic heterocycles. The van der Waals surface area contributed by atoms with Crippen molar-refractivity contribution in [3.8, 4) is 0 Å². The number of hydrogen-bond acceptors (Lipinski definition) is 3. The first kappa shape index (κ1) is 12.3. The lowest BCUT2D eigenvalue weighted by molar-refractivity contribution is 0.232. The van der Waals surface area contributed by atoms with Crippen LogP contribution >= 0.6 is 0 Å². The molecule has 1 saturated carbocycles. The van der Waals surface area contributed by atoms with Gasteiger partial charge in [0.05, 0.1) is 5.75 Å². The largest absolute Gasteiger partial charge is 0.311 e. The van der Waals surface area contributed by atoms with Gasteiger partial charge < -0.3 is 5.32 Å². The van der Waals surface area contributed by atoms with Crippen LogP contribution in [0.1, 0.15) is 39.0 Å². The van der Waals surface area contributed by atoms with Crippen LogP contribution in [0.2, 0.25) is 0 Å². The van der Waals surface area contributed by atoms with Gasteiger partial charge >= 0.3 is 0 Å². The van der Waals surface area contributed by atoms with Gasteiger partial charge in [-0.15, -0.1) is 0 Å². The second-order valence-electron chi connectivity index (χ2n) is 4.84. The summed E-state index contributed by atoms with van der Waals surface area (Å²) in [5.74, 6) is 0.326. The van der Waals surface area contributed by atoms with E-state index in [0.29, 0.717) is 18.3 Å². The molecule has 5 heteroatoms. The van der Waals surface area contributed by atoms with Crippen LogP contribution in [0, 0.1) is 0 Å². The lowest BCUT2D eigenvalue weighted by atomic mass is 10.1. The zero-order valence-corrected chi connectivity index (χ0v) is 10.8. The molecule has 1 aliphatic heterocycles. The maximum Gasteiger partial charge on any atom is 0.214 e. The molecule has 0 aromatic rings. The number of nitrogens with zero attached hydrogens (tertiary/aromatic N) is 1. The maximum atomic E-state index is 12.2. The van der Waals surface area contributed by atoms with E-state index in [-0.39, 0.29) is 6.04 Å². The molecule has 2 atom stereocenters. The highest BCUT2D eigenvalue weighted by molar-refractivity contribution is 7.89. The van der Waals surface area contributed by atoms with Crippen LogP contribution in [-0.4, -0.2) is 43.6 Å². The van der Waals surface area contributed by atoms with Gasteiger partial charge in [-0.05, 0) is 19.3 Å². The van der Waals surface area contributed by atoms with Crippen molar-refractivity contribution < 1.29 is 8.42 Å². The summed E-state index contributed by atoms with van der Waals surface area (Å²) < 4.78 is 26.1. The summed E-state index contributed by atoms with van der Waals surface area (Å²) in [6.07, 6.45) is 5.04. The Morgan fingerprint density at radius 1 is 1.38 bits per heavy atom. The van der Waals surface area contributed by atoms with Gasteiger partial charge in [0.2, 0.25) is 10.0 Å². The molecule has 16 heavy (non-hydrogen) atoms. The number of unbranched alkanes of at least 4 members (excludes halogenated alkanes) is 1. The zero-order chi connectivity index (χ0) is 11.6. The van der Waals surface area contributed by atoms with Crippen molar-refractivity contribution in [2.45, 2.75) is 51.1 Å². The van der Waals surface area contributed by atoms with Crippen LogP contribution in [-0.2, 0) is 10.0 Å². The van der Waals surface area contributed by atoms with Crippen molar-refractivity contribution >= 4 is 10.0 Å². The van der Waals surface area contributed by atoms with E-state index in [9.17, 15) is 8.42 Å². The number of sulfonamides is 1. The first-order chi connectivity index (χ1) is 7.65. The molecule has 0 radical (unpaired) electrons. The lowest BCUT2D eigenvalue weighted by Crippen LogP contribution is -2.57. The Labute approximate surface area is 98.4 Å². The highest BCUT2D eigenvalue weighted by Crippen LogP contribution is 2.28. The van der Waals surface area contributed by atoms with Crippen LogP contribution in [0.4, 0.5) is 0 Å². The lowest BCUT2D eigenvalue weighted by Gasteiger charge is -2.37. The van der Waals surface area contributed by atoms with Crippen LogP contribution in [0.5, 0.6) is 0 Å². The van der Waals surface area contributed by atoms with Crippen molar-refractivity contribution in [3.63, 3.8) is 0 Å². The fourth-order valence-electron chi connectivity index (χ4n) is 2.84. The van der Waals surface area contributed by atoms with Crippen LogP contribution in [0.3, 0.4) is 0 Å². The van der Waals surface area contributed by atoms with Crippen LogP contribution in [0.15, 0.2) is 0 Å². The van der Waals surface area contributed by atoms with Gasteiger partial charge in [0, 0.05) is 25.2 Å². The summed E-state index contributed by atoms with van der Waals surface area (Å²) in [5, 5.41) is 3.43. The smallest absolute Gasteiger partial charge is 0.214 e. The molecule has 1 heterocycles. The molecular weight excluding hydrogens is 224 g/mol. The van der Waals surface area contributed by atoms with Gasteiger partial charge in [0.25, 0.3) is 0 Å². The summed E-state index contributed by atoms with van der Waals surface area (Å²) >= 11 is 0. The average molecular weight is 246 g/mol. The molecule has 0 aromatic carbocycles. The third-order valence-corrected chi connectivity index (χ3v) is 5.67. The predicted molar refractivity (Wildman–Crippen MR) is 64.8 cm³/mol. The minimum Gasteiger partial charge on any atom is -0.311 e. The van der Waals surface area contributed by atoms with Crippen LogP contribution < -0.4 is 5.32 Å². The molecule has 2 unspecified atom stereocenters. The minimum atomic E-state index is -3.01. The molecule has 0 spiro atoms. The monoisotopic (exact) mass is 246 g/mol. The van der Waals surface area contributed by atoms with Crippen molar-refractivity contribution in [2.75, 3.05) is 18.8 Å². The van der Waals surface area contributed by atoms with Gasteiger partial charge in [-0.2, -0.15) is 4.31 Å². The quantitative estimate of drug-likeness (QED) is 0.803. The third-order valence-electron chi connectivity index (χ3n) is 3.70. The standard InChI is InChI=1S/C11H22N2O2S/c1-2-3-9-16(14,15)13-8-7-12-10-5-4-6-11(10)13/h10-12H,2-9H2,1H3. The minimum absolute atomic E-state index is 0.232. The third kappa shape index (κ3) is 2.41. The van der Waals surface area contributed by atoms with Gasteiger partial charge in [-0.3, -0.25) is 0 Å². The molecule has 1 aliphatic carbocycles. The van der Waals surface area contributed by atoms with Crippen molar-refractivity contribution in [1.82, 2.24) is 9.62 Å². The van der Waals surface area contributed by atoms with E-state index in [2.05, 4.69) is 5.32 Å². The van der Waals surface area contributed by atoms with E-state index >= 15 is 0 Å². The molecule has 2 fully saturated rings. The molecule has 2 rings (SSSR count). The number of rotatable bonds is 4. The van der Waals surface area contributed by atoms with Gasteiger partial charge in [0.15, 0.2) is 0 Å². The molecule has 0 bridgehead atoms. The highest BCUT2D eigenvalue weighted by atomic mass is 32.2. The summed E-state index contributed by atoms with van der Waals surface area (Å²) in [4.78, 5) is 0. The Balaban J connectivity index is 2.07.